The fourth-order valence-electron chi connectivity index (χ4n) is 4.58. The Morgan fingerprint density at radius 2 is 2.14 bits per heavy atom. The van der Waals surface area contributed by atoms with E-state index in [1.165, 1.54) is 11.1 Å². The number of nitrogens with zero attached hydrogens (tertiary/aromatic N) is 1. The van der Waals surface area contributed by atoms with Gasteiger partial charge in [-0.2, -0.15) is 0 Å². The number of benzene rings is 2. The monoisotopic (exact) mass is 391 g/mol. The van der Waals surface area contributed by atoms with Gasteiger partial charge in [0.25, 0.3) is 0 Å². The van der Waals surface area contributed by atoms with Crippen LogP contribution < -0.4 is 20.9 Å². The molecule has 2 heterocycles. The van der Waals surface area contributed by atoms with Crippen LogP contribution in [-0.4, -0.2) is 35.6 Å². The van der Waals surface area contributed by atoms with E-state index in [4.69, 9.17) is 4.74 Å². The normalized spacial score (nSPS) is 22.9. The van der Waals surface area contributed by atoms with E-state index in [2.05, 4.69) is 38.3 Å². The second-order valence-corrected chi connectivity index (χ2v) is 7.75. The third kappa shape index (κ3) is 3.36. The van der Waals surface area contributed by atoms with Crippen LogP contribution in [0.25, 0.3) is 11.0 Å². The van der Waals surface area contributed by atoms with Crippen LogP contribution in [0.2, 0.25) is 0 Å². The molecule has 4 N–H and O–H groups in total. The van der Waals surface area contributed by atoms with Crippen LogP contribution in [0.5, 0.6) is 5.75 Å². The number of hydrogen-bond acceptors (Lipinski definition) is 5. The predicted molar refractivity (Wildman–Crippen MR) is 110 cm³/mol. The predicted octanol–water partition coefficient (Wildman–Crippen LogP) is 2.01. The first-order chi connectivity index (χ1) is 14.2. The Bertz CT molecular complexity index is 1010. The fraction of sp³-hybridized carbons (Fsp3) is 0.364. The number of aromatic amines is 1. The molecule has 7 nitrogen and oxygen atoms in total. The van der Waals surface area contributed by atoms with E-state index in [1.54, 1.807) is 7.11 Å². The molecule has 5 rings (SSSR count). The zero-order valence-corrected chi connectivity index (χ0v) is 16.4. The smallest absolute Gasteiger partial charge is 0.238 e. The highest BCUT2D eigenvalue weighted by Crippen LogP contribution is 2.40. The highest BCUT2D eigenvalue weighted by atomic mass is 16.5. The van der Waals surface area contributed by atoms with Crippen LogP contribution in [0.1, 0.15) is 29.4 Å². The van der Waals surface area contributed by atoms with Gasteiger partial charge in [0.15, 0.2) is 0 Å². The molecule has 0 bridgehead atoms. The first kappa shape index (κ1) is 18.1. The largest absolute Gasteiger partial charge is 0.497 e. The molecule has 0 saturated carbocycles. The highest BCUT2D eigenvalue weighted by Gasteiger charge is 2.43. The molecule has 2 aliphatic rings. The number of ether oxygens (including phenoxy) is 1. The van der Waals surface area contributed by atoms with Crippen molar-refractivity contribution in [3.63, 3.8) is 0 Å². The summed E-state index contributed by atoms with van der Waals surface area (Å²) in [5.41, 5.74) is 11.1. The Morgan fingerprint density at radius 1 is 1.24 bits per heavy atom. The maximum Gasteiger partial charge on any atom is 0.238 e. The van der Waals surface area contributed by atoms with Gasteiger partial charge in [-0.25, -0.2) is 15.8 Å². The van der Waals surface area contributed by atoms with Gasteiger partial charge >= 0.3 is 0 Å². The molecule has 3 atom stereocenters. The Balaban J connectivity index is 1.21. The SMILES string of the molecule is COc1ccc2c(c1)CCC1C(C(=O)NCCc3nc4ccccc4[nH]3)NNC21. The number of rotatable bonds is 5. The summed E-state index contributed by atoms with van der Waals surface area (Å²) in [6.07, 6.45) is 2.60. The van der Waals surface area contributed by atoms with Gasteiger partial charge in [0, 0.05) is 18.9 Å². The highest BCUT2D eigenvalue weighted by molar-refractivity contribution is 5.82. The molecule has 1 fully saturated rings. The van der Waals surface area contributed by atoms with Gasteiger partial charge in [0.2, 0.25) is 5.91 Å². The maximum atomic E-state index is 12.8. The standard InChI is InChI=1S/C22H25N5O2/c1-29-14-7-9-15-13(12-14)6-8-16-20(15)26-27-21(16)22(28)23-11-10-19-24-17-4-2-3-5-18(17)25-19/h2-5,7,9,12,16,20-21,26-27H,6,8,10-11H2,1H3,(H,23,28)(H,24,25). The number of aryl methyl sites for hydroxylation is 1. The van der Waals surface area contributed by atoms with Crippen LogP contribution in [0.4, 0.5) is 0 Å². The third-order valence-corrected chi connectivity index (χ3v) is 6.06. The Hall–Kier alpha value is -2.90. The number of carbonyl (C=O) groups excluding carboxylic acids is 1. The summed E-state index contributed by atoms with van der Waals surface area (Å²) >= 11 is 0. The Kier molecular flexibility index (Phi) is 4.69. The molecule has 1 saturated heterocycles. The van der Waals surface area contributed by atoms with Crippen molar-refractivity contribution in [1.29, 1.82) is 0 Å². The van der Waals surface area contributed by atoms with Crippen molar-refractivity contribution < 1.29 is 9.53 Å². The first-order valence-corrected chi connectivity index (χ1v) is 10.1. The van der Waals surface area contributed by atoms with Crippen LogP contribution >= 0.6 is 0 Å². The van der Waals surface area contributed by atoms with Crippen molar-refractivity contribution in [3.05, 3.63) is 59.4 Å². The van der Waals surface area contributed by atoms with E-state index in [0.717, 1.165) is 35.4 Å². The summed E-state index contributed by atoms with van der Waals surface area (Å²) in [4.78, 5) is 20.7. The van der Waals surface area contributed by atoms with Gasteiger partial charge in [-0.05, 0) is 48.2 Å². The third-order valence-electron chi connectivity index (χ3n) is 6.06. The molecular weight excluding hydrogens is 366 g/mol. The second kappa shape index (κ2) is 7.50. The zero-order chi connectivity index (χ0) is 19.8. The van der Waals surface area contributed by atoms with Crippen LogP contribution in [0.15, 0.2) is 42.5 Å². The molecule has 1 amide bonds. The lowest BCUT2D eigenvalue weighted by Gasteiger charge is -2.29. The minimum atomic E-state index is -0.231. The van der Waals surface area contributed by atoms with Crippen LogP contribution in [-0.2, 0) is 17.6 Å². The number of hydrazine groups is 1. The number of imidazole rings is 1. The second-order valence-electron chi connectivity index (χ2n) is 7.75. The molecule has 2 aromatic carbocycles. The number of nitrogens with one attached hydrogen (secondary N) is 4. The summed E-state index contributed by atoms with van der Waals surface area (Å²) in [6, 6.07) is 14.1. The topological polar surface area (TPSA) is 91.1 Å². The van der Waals surface area contributed by atoms with E-state index in [1.807, 2.05) is 30.3 Å². The zero-order valence-electron chi connectivity index (χ0n) is 16.4. The molecular formula is C22H25N5O2. The van der Waals surface area contributed by atoms with Crippen molar-refractivity contribution >= 4 is 16.9 Å². The molecule has 1 aliphatic carbocycles. The number of hydrogen-bond donors (Lipinski definition) is 4. The van der Waals surface area contributed by atoms with Gasteiger partial charge in [-0.15, -0.1) is 0 Å². The quantitative estimate of drug-likeness (QED) is 0.534. The van der Waals surface area contributed by atoms with Crippen LogP contribution in [0.3, 0.4) is 0 Å². The molecule has 150 valence electrons. The van der Waals surface area contributed by atoms with Crippen molar-refractivity contribution in [3.8, 4) is 5.75 Å². The molecule has 1 aromatic heterocycles. The molecule has 3 aromatic rings. The first-order valence-electron chi connectivity index (χ1n) is 10.1. The van der Waals surface area contributed by atoms with E-state index < -0.39 is 0 Å². The average Bonchev–Trinajstić information content (AvgIpc) is 3.37. The van der Waals surface area contributed by atoms with Gasteiger partial charge in [-0.3, -0.25) is 4.79 Å². The summed E-state index contributed by atoms with van der Waals surface area (Å²) in [5.74, 6) is 2.05. The number of carbonyl (C=O) groups is 1. The van der Waals surface area contributed by atoms with E-state index in [-0.39, 0.29) is 23.9 Å². The van der Waals surface area contributed by atoms with Crippen molar-refractivity contribution in [2.75, 3.05) is 13.7 Å². The summed E-state index contributed by atoms with van der Waals surface area (Å²) < 4.78 is 5.34. The summed E-state index contributed by atoms with van der Waals surface area (Å²) in [7, 11) is 1.69. The molecule has 1 aliphatic heterocycles. The lowest BCUT2D eigenvalue weighted by molar-refractivity contribution is -0.123. The van der Waals surface area contributed by atoms with Gasteiger partial charge in [0.05, 0.1) is 24.2 Å². The number of para-hydroxylation sites is 2. The lowest BCUT2D eigenvalue weighted by atomic mass is 9.77. The molecule has 0 radical (unpaired) electrons. The average molecular weight is 391 g/mol. The van der Waals surface area contributed by atoms with E-state index in [0.29, 0.717) is 13.0 Å². The number of amides is 1. The molecule has 29 heavy (non-hydrogen) atoms. The van der Waals surface area contributed by atoms with Crippen LogP contribution in [0, 0.1) is 5.92 Å². The Labute approximate surface area is 169 Å². The summed E-state index contributed by atoms with van der Waals surface area (Å²) in [6.45, 7) is 0.558. The van der Waals surface area contributed by atoms with Gasteiger partial charge in [-0.1, -0.05) is 18.2 Å². The van der Waals surface area contributed by atoms with Crippen molar-refractivity contribution in [1.82, 2.24) is 26.1 Å². The maximum absolute atomic E-state index is 12.8. The van der Waals surface area contributed by atoms with Crippen molar-refractivity contribution in [2.24, 2.45) is 5.92 Å². The molecule has 3 unspecified atom stereocenters. The van der Waals surface area contributed by atoms with Crippen molar-refractivity contribution in [2.45, 2.75) is 31.3 Å². The fourth-order valence-corrected chi connectivity index (χ4v) is 4.58. The number of methoxy groups -OCH3 is 1. The van der Waals surface area contributed by atoms with E-state index in [9.17, 15) is 4.79 Å². The minimum absolute atomic E-state index is 0.0399. The number of fused-ring (bicyclic) bond motifs is 4. The Morgan fingerprint density at radius 3 is 3.00 bits per heavy atom. The number of H-pyrrole nitrogens is 1. The number of aromatic nitrogens is 2. The van der Waals surface area contributed by atoms with E-state index >= 15 is 0 Å². The molecule has 0 spiro atoms. The van der Waals surface area contributed by atoms with Gasteiger partial charge < -0.3 is 15.0 Å². The lowest BCUT2D eigenvalue weighted by Crippen LogP contribution is -2.46. The summed E-state index contributed by atoms with van der Waals surface area (Å²) in [5, 5.41) is 3.07. The molecule has 7 heteroatoms. The van der Waals surface area contributed by atoms with Gasteiger partial charge in [0.1, 0.15) is 17.6 Å². The minimum Gasteiger partial charge on any atom is -0.497 e.